The van der Waals surface area contributed by atoms with Gasteiger partial charge < -0.3 is 14.2 Å². The van der Waals surface area contributed by atoms with Gasteiger partial charge in [-0.15, -0.1) is 0 Å². The number of alkyl halides is 3. The van der Waals surface area contributed by atoms with Crippen LogP contribution in [0.5, 0.6) is 17.2 Å². The highest BCUT2D eigenvalue weighted by Gasteiger charge is 2.41. The lowest BCUT2D eigenvalue weighted by atomic mass is 9.99. The van der Waals surface area contributed by atoms with Crippen LogP contribution in [0, 0.1) is 0 Å². The van der Waals surface area contributed by atoms with Gasteiger partial charge in [0.2, 0.25) is 0 Å². The predicted molar refractivity (Wildman–Crippen MR) is 114 cm³/mol. The predicted octanol–water partition coefficient (Wildman–Crippen LogP) is 7.30. The Balaban J connectivity index is 1.68. The average Bonchev–Trinajstić information content (AvgIpc) is 2.75. The van der Waals surface area contributed by atoms with Crippen molar-refractivity contribution in [2.24, 2.45) is 0 Å². The molecular weight excluding hydrogens is 405 g/mol. The molecule has 0 aliphatic carbocycles. The van der Waals surface area contributed by atoms with Crippen LogP contribution >= 0.6 is 0 Å². The molecule has 2 atom stereocenters. The van der Waals surface area contributed by atoms with Crippen LogP contribution in [0.4, 0.5) is 13.2 Å². The van der Waals surface area contributed by atoms with E-state index in [0.717, 1.165) is 5.56 Å². The minimum absolute atomic E-state index is 0.143. The van der Waals surface area contributed by atoms with Crippen LogP contribution in [0.1, 0.15) is 37.0 Å². The summed E-state index contributed by atoms with van der Waals surface area (Å²) in [6.45, 7) is 3.52. The van der Waals surface area contributed by atoms with E-state index >= 15 is 0 Å². The van der Waals surface area contributed by atoms with Gasteiger partial charge in [0.1, 0.15) is 23.2 Å². The van der Waals surface area contributed by atoms with Crippen molar-refractivity contribution in [3.05, 3.63) is 90.0 Å². The molecule has 0 spiro atoms. The average molecular weight is 430 g/mol. The number of rotatable bonds is 9. The smallest absolute Gasteiger partial charge is 0.397 e. The highest BCUT2D eigenvalue weighted by molar-refractivity contribution is 5.35. The SMILES string of the molecule is CCOc1ccc([C@@H](CO[C@@H](C)c2cccc(Oc3ccccc3)c2)C(F)(F)F)cc1. The Morgan fingerprint density at radius 3 is 2.10 bits per heavy atom. The van der Waals surface area contributed by atoms with E-state index in [-0.39, 0.29) is 5.56 Å². The summed E-state index contributed by atoms with van der Waals surface area (Å²) in [6.07, 6.45) is -4.96. The minimum atomic E-state index is -4.43. The van der Waals surface area contributed by atoms with Gasteiger partial charge >= 0.3 is 6.18 Å². The van der Waals surface area contributed by atoms with Gasteiger partial charge in [-0.2, -0.15) is 13.2 Å². The molecular formula is C25H25F3O3. The second-order valence-corrected chi connectivity index (χ2v) is 7.06. The third-order valence-electron chi connectivity index (χ3n) is 4.81. The largest absolute Gasteiger partial charge is 0.494 e. The molecule has 0 aromatic heterocycles. The zero-order valence-corrected chi connectivity index (χ0v) is 17.4. The molecule has 6 heteroatoms. The lowest BCUT2D eigenvalue weighted by molar-refractivity contribution is -0.166. The molecule has 164 valence electrons. The molecule has 0 bridgehead atoms. The van der Waals surface area contributed by atoms with Gasteiger partial charge in [0.05, 0.1) is 19.3 Å². The number of halogens is 3. The fraction of sp³-hybridized carbons (Fsp3) is 0.280. The van der Waals surface area contributed by atoms with E-state index in [1.165, 1.54) is 12.1 Å². The summed E-state index contributed by atoms with van der Waals surface area (Å²) in [5, 5.41) is 0. The van der Waals surface area contributed by atoms with E-state index in [9.17, 15) is 13.2 Å². The number of ether oxygens (including phenoxy) is 3. The Labute approximate surface area is 180 Å². The molecule has 31 heavy (non-hydrogen) atoms. The van der Waals surface area contributed by atoms with Crippen LogP contribution < -0.4 is 9.47 Å². The molecule has 0 unspecified atom stereocenters. The van der Waals surface area contributed by atoms with Gasteiger partial charge in [-0.1, -0.05) is 42.5 Å². The first-order chi connectivity index (χ1) is 14.9. The summed E-state index contributed by atoms with van der Waals surface area (Å²) in [5.41, 5.74) is 0.880. The lowest BCUT2D eigenvalue weighted by Gasteiger charge is -2.23. The van der Waals surface area contributed by atoms with Crippen molar-refractivity contribution in [1.82, 2.24) is 0 Å². The van der Waals surface area contributed by atoms with E-state index in [4.69, 9.17) is 14.2 Å². The highest BCUT2D eigenvalue weighted by atomic mass is 19.4. The van der Waals surface area contributed by atoms with Gasteiger partial charge in [0, 0.05) is 0 Å². The van der Waals surface area contributed by atoms with Gasteiger partial charge in [-0.3, -0.25) is 0 Å². The molecule has 3 rings (SSSR count). The van der Waals surface area contributed by atoms with Crippen molar-refractivity contribution < 1.29 is 27.4 Å². The Hall–Kier alpha value is -2.99. The topological polar surface area (TPSA) is 27.7 Å². The van der Waals surface area contributed by atoms with E-state index in [2.05, 4.69) is 0 Å². The summed E-state index contributed by atoms with van der Waals surface area (Å²) in [6, 6.07) is 22.4. The van der Waals surface area contributed by atoms with E-state index in [0.29, 0.717) is 23.9 Å². The molecule has 3 aromatic rings. The number of hydrogen-bond donors (Lipinski definition) is 0. The second kappa shape index (κ2) is 10.4. The molecule has 0 saturated heterocycles. The summed E-state index contributed by atoms with van der Waals surface area (Å²) in [7, 11) is 0. The van der Waals surface area contributed by atoms with Gasteiger partial charge in [-0.05, 0) is 61.4 Å². The van der Waals surface area contributed by atoms with Crippen LogP contribution in [0.3, 0.4) is 0 Å². The first kappa shape index (κ1) is 22.7. The fourth-order valence-electron chi connectivity index (χ4n) is 3.14. The Kier molecular flexibility index (Phi) is 7.58. The molecule has 0 N–H and O–H groups in total. The van der Waals surface area contributed by atoms with Crippen LogP contribution in [-0.4, -0.2) is 19.4 Å². The van der Waals surface area contributed by atoms with E-state index in [1.807, 2.05) is 43.3 Å². The van der Waals surface area contributed by atoms with Crippen molar-refractivity contribution in [2.45, 2.75) is 32.0 Å². The van der Waals surface area contributed by atoms with E-state index in [1.54, 1.807) is 37.3 Å². The molecule has 0 radical (unpaired) electrons. The lowest BCUT2D eigenvalue weighted by Crippen LogP contribution is -2.26. The van der Waals surface area contributed by atoms with Gasteiger partial charge in [0.25, 0.3) is 0 Å². The van der Waals surface area contributed by atoms with E-state index < -0.39 is 24.8 Å². The second-order valence-electron chi connectivity index (χ2n) is 7.06. The maximum absolute atomic E-state index is 13.7. The summed E-state index contributed by atoms with van der Waals surface area (Å²) >= 11 is 0. The van der Waals surface area contributed by atoms with Crippen LogP contribution in [0.2, 0.25) is 0 Å². The maximum Gasteiger partial charge on any atom is 0.397 e. The fourth-order valence-corrected chi connectivity index (χ4v) is 3.14. The molecule has 0 fully saturated rings. The highest BCUT2D eigenvalue weighted by Crippen LogP contribution is 2.37. The van der Waals surface area contributed by atoms with Crippen molar-refractivity contribution in [3.63, 3.8) is 0 Å². The first-order valence-corrected chi connectivity index (χ1v) is 10.1. The van der Waals surface area contributed by atoms with Crippen LogP contribution in [0.25, 0.3) is 0 Å². The van der Waals surface area contributed by atoms with Crippen molar-refractivity contribution in [1.29, 1.82) is 0 Å². The summed E-state index contributed by atoms with van der Waals surface area (Å²) in [5.74, 6) is 0.0879. The number of para-hydroxylation sites is 1. The van der Waals surface area contributed by atoms with Crippen LogP contribution in [0.15, 0.2) is 78.9 Å². The monoisotopic (exact) mass is 430 g/mol. The first-order valence-electron chi connectivity index (χ1n) is 10.1. The molecule has 0 aliphatic rings. The summed E-state index contributed by atoms with van der Waals surface area (Å²) < 4.78 is 57.8. The normalized spacial score (nSPS) is 13.5. The minimum Gasteiger partial charge on any atom is -0.494 e. The molecule has 0 aliphatic heterocycles. The molecule has 0 amide bonds. The zero-order chi connectivity index (χ0) is 22.3. The maximum atomic E-state index is 13.7. The third kappa shape index (κ3) is 6.49. The van der Waals surface area contributed by atoms with Gasteiger partial charge in [-0.25, -0.2) is 0 Å². The summed E-state index contributed by atoms with van der Waals surface area (Å²) in [4.78, 5) is 0. The Bertz CT molecular complexity index is 940. The zero-order valence-electron chi connectivity index (χ0n) is 17.4. The standard InChI is InChI=1S/C25H25F3O3/c1-3-29-21-14-12-19(13-15-21)24(25(26,27)28)17-30-18(2)20-8-7-11-23(16-20)31-22-9-5-4-6-10-22/h4-16,18,24H,3,17H2,1-2H3/t18-,24+/m0/s1. The number of benzene rings is 3. The number of hydrogen-bond acceptors (Lipinski definition) is 3. The van der Waals surface area contributed by atoms with Crippen molar-refractivity contribution in [3.8, 4) is 17.2 Å². The van der Waals surface area contributed by atoms with Crippen molar-refractivity contribution in [2.75, 3.05) is 13.2 Å². The Morgan fingerprint density at radius 2 is 1.45 bits per heavy atom. The molecule has 0 heterocycles. The molecule has 3 aromatic carbocycles. The van der Waals surface area contributed by atoms with Crippen molar-refractivity contribution >= 4 is 0 Å². The molecule has 3 nitrogen and oxygen atoms in total. The molecule has 0 saturated carbocycles. The third-order valence-corrected chi connectivity index (χ3v) is 4.81. The Morgan fingerprint density at radius 1 is 0.774 bits per heavy atom. The van der Waals surface area contributed by atoms with Crippen LogP contribution in [-0.2, 0) is 4.74 Å². The van der Waals surface area contributed by atoms with Gasteiger partial charge in [0.15, 0.2) is 0 Å². The quantitative estimate of drug-likeness (QED) is 0.356.